The molecule has 170 valence electrons. The Balaban J connectivity index is 2.06. The van der Waals surface area contributed by atoms with E-state index in [2.05, 4.69) is 15.0 Å². The first-order chi connectivity index (χ1) is 14.6. The number of aryl methyl sites for hydroxylation is 1. The zero-order valence-corrected chi connectivity index (χ0v) is 19.8. The first kappa shape index (κ1) is 24.8. The van der Waals surface area contributed by atoms with Crippen molar-refractivity contribution >= 4 is 39.8 Å². The Labute approximate surface area is 188 Å². The summed E-state index contributed by atoms with van der Waals surface area (Å²) in [5.74, 6) is -0.674. The van der Waals surface area contributed by atoms with Crippen LogP contribution in [0.4, 0.5) is 5.69 Å². The molecule has 0 aliphatic carbocycles. The van der Waals surface area contributed by atoms with Crippen LogP contribution in [0.5, 0.6) is 0 Å². The molecular weight excluding hydrogens is 438 g/mol. The molecule has 1 heterocycles. The lowest BCUT2D eigenvalue weighted by molar-refractivity contribution is -0.155. The average molecular weight is 468 g/mol. The minimum atomic E-state index is -2.72. The van der Waals surface area contributed by atoms with E-state index in [1.807, 2.05) is 12.3 Å². The molecule has 8 nitrogen and oxygen atoms in total. The van der Waals surface area contributed by atoms with Crippen molar-refractivity contribution in [1.29, 1.82) is 0 Å². The number of nitrogens with one attached hydrogen (secondary N) is 2. The lowest BCUT2D eigenvalue weighted by atomic mass is 10.1. The zero-order valence-electron chi connectivity index (χ0n) is 18.1. The van der Waals surface area contributed by atoms with E-state index < -0.39 is 22.5 Å². The molecule has 1 aromatic heterocycles. The topological polar surface area (TPSA) is 114 Å². The normalized spacial score (nSPS) is 12.4. The van der Waals surface area contributed by atoms with Crippen molar-refractivity contribution in [2.75, 3.05) is 4.72 Å². The molecule has 2 rings (SSSR count). The fraction of sp³-hybridized carbons (Fsp3) is 0.476. The van der Waals surface area contributed by atoms with Gasteiger partial charge in [-0.1, -0.05) is 19.1 Å². The van der Waals surface area contributed by atoms with E-state index in [0.717, 1.165) is 22.7 Å². The molecular formula is C21H29N3O5S2. The molecule has 0 saturated heterocycles. The molecule has 1 amide bonds. The van der Waals surface area contributed by atoms with Crippen molar-refractivity contribution in [3.8, 4) is 0 Å². The summed E-state index contributed by atoms with van der Waals surface area (Å²) < 4.78 is 29.2. The van der Waals surface area contributed by atoms with E-state index in [1.165, 1.54) is 11.3 Å². The van der Waals surface area contributed by atoms with Gasteiger partial charge in [0.2, 0.25) is 16.8 Å². The third kappa shape index (κ3) is 9.06. The number of carbonyl (C=O) groups is 2. The van der Waals surface area contributed by atoms with Crippen LogP contribution in [0.1, 0.15) is 62.8 Å². The Morgan fingerprint density at radius 3 is 2.39 bits per heavy atom. The summed E-state index contributed by atoms with van der Waals surface area (Å²) >= 11 is 1.48. The quantitative estimate of drug-likeness (QED) is 0.365. The molecule has 1 atom stereocenters. The first-order valence-corrected chi connectivity index (χ1v) is 12.1. The van der Waals surface area contributed by atoms with Crippen LogP contribution in [-0.2, 0) is 38.1 Å². The van der Waals surface area contributed by atoms with Gasteiger partial charge in [-0.2, -0.15) is 0 Å². The molecule has 31 heavy (non-hydrogen) atoms. The van der Waals surface area contributed by atoms with E-state index in [4.69, 9.17) is 4.74 Å². The molecule has 0 aliphatic heterocycles. The van der Waals surface area contributed by atoms with Crippen molar-refractivity contribution in [3.05, 3.63) is 45.9 Å². The van der Waals surface area contributed by atoms with Gasteiger partial charge in [0.05, 0.1) is 18.2 Å². The third-order valence-electron chi connectivity index (χ3n) is 4.16. The number of ether oxygens (including phenoxy) is 1. The highest BCUT2D eigenvalue weighted by molar-refractivity contribution is 7.73. The fourth-order valence-corrected chi connectivity index (χ4v) is 4.09. The van der Waals surface area contributed by atoms with Gasteiger partial charge in [-0.3, -0.25) is 14.3 Å². The fourth-order valence-electron chi connectivity index (χ4n) is 2.78. The van der Waals surface area contributed by atoms with Gasteiger partial charge in [0, 0.05) is 17.5 Å². The maximum Gasteiger partial charge on any atom is 0.306 e. The smallest absolute Gasteiger partial charge is 0.306 e. The van der Waals surface area contributed by atoms with Crippen LogP contribution in [-0.4, -0.2) is 30.9 Å². The second-order valence-electron chi connectivity index (χ2n) is 8.01. The molecule has 0 radical (unpaired) electrons. The van der Waals surface area contributed by atoms with Gasteiger partial charge in [0.25, 0.3) is 0 Å². The summed E-state index contributed by atoms with van der Waals surface area (Å²) in [4.78, 5) is 29.0. The Morgan fingerprint density at radius 1 is 1.16 bits per heavy atom. The van der Waals surface area contributed by atoms with Crippen LogP contribution < -0.4 is 10.0 Å². The SMILES string of the molecule is CCc1csc([C@H](Cc2ccc(N[SH](=O)=O)cc2)NC(=O)CCC(=O)OC(C)(C)C)n1. The number of hydrogen-bond acceptors (Lipinski definition) is 7. The number of hydrogen-bond donors (Lipinski definition) is 3. The minimum absolute atomic E-state index is 0.00163. The molecule has 0 unspecified atom stereocenters. The number of nitrogens with zero attached hydrogens (tertiary/aromatic N) is 1. The lowest BCUT2D eigenvalue weighted by Gasteiger charge is -2.20. The first-order valence-electron chi connectivity index (χ1n) is 10.0. The van der Waals surface area contributed by atoms with Crippen LogP contribution in [0.3, 0.4) is 0 Å². The summed E-state index contributed by atoms with van der Waals surface area (Å²) in [5, 5.41) is 5.72. The number of rotatable bonds is 10. The average Bonchev–Trinajstić information content (AvgIpc) is 3.15. The zero-order chi connectivity index (χ0) is 23.0. The maximum atomic E-state index is 12.5. The van der Waals surface area contributed by atoms with Gasteiger partial charge in [-0.25, -0.2) is 13.4 Å². The molecule has 2 N–H and O–H groups in total. The Morgan fingerprint density at radius 2 is 1.84 bits per heavy atom. The second-order valence-corrected chi connectivity index (χ2v) is 9.63. The van der Waals surface area contributed by atoms with E-state index in [1.54, 1.807) is 45.0 Å². The summed E-state index contributed by atoms with van der Waals surface area (Å²) in [5.41, 5.74) is 1.75. The Kier molecular flexibility index (Phi) is 9.00. The summed E-state index contributed by atoms with van der Waals surface area (Å²) in [6, 6.07) is 6.58. The number of amides is 1. The van der Waals surface area contributed by atoms with Crippen molar-refractivity contribution in [2.24, 2.45) is 0 Å². The van der Waals surface area contributed by atoms with E-state index in [0.29, 0.717) is 12.1 Å². The predicted molar refractivity (Wildman–Crippen MR) is 122 cm³/mol. The van der Waals surface area contributed by atoms with Gasteiger partial charge < -0.3 is 10.1 Å². The van der Waals surface area contributed by atoms with Gasteiger partial charge in [0.15, 0.2) is 0 Å². The largest absolute Gasteiger partial charge is 0.460 e. The summed E-state index contributed by atoms with van der Waals surface area (Å²) in [6.45, 7) is 7.36. The minimum Gasteiger partial charge on any atom is -0.460 e. The van der Waals surface area contributed by atoms with Gasteiger partial charge in [-0.15, -0.1) is 11.3 Å². The highest BCUT2D eigenvalue weighted by Crippen LogP contribution is 2.24. The highest BCUT2D eigenvalue weighted by atomic mass is 32.2. The van der Waals surface area contributed by atoms with Crippen molar-refractivity contribution in [2.45, 2.75) is 65.0 Å². The third-order valence-corrected chi connectivity index (χ3v) is 5.60. The number of benzene rings is 1. The molecule has 0 spiro atoms. The lowest BCUT2D eigenvalue weighted by Crippen LogP contribution is -2.31. The van der Waals surface area contributed by atoms with Crippen LogP contribution >= 0.6 is 11.3 Å². The molecule has 1 aromatic carbocycles. The molecule has 10 heteroatoms. The summed E-state index contributed by atoms with van der Waals surface area (Å²) in [6.07, 6.45) is 1.31. The molecule has 2 aromatic rings. The number of esters is 1. The number of thiazole rings is 1. The molecule has 0 saturated carbocycles. The van der Waals surface area contributed by atoms with E-state index in [-0.39, 0.29) is 24.8 Å². The van der Waals surface area contributed by atoms with Crippen LogP contribution in [0.15, 0.2) is 29.6 Å². The molecule has 0 bridgehead atoms. The van der Waals surface area contributed by atoms with Gasteiger partial charge >= 0.3 is 5.97 Å². The van der Waals surface area contributed by atoms with E-state index >= 15 is 0 Å². The molecule has 0 aliphatic rings. The van der Waals surface area contributed by atoms with E-state index in [9.17, 15) is 18.0 Å². The number of carbonyl (C=O) groups excluding carboxylic acids is 2. The summed E-state index contributed by atoms with van der Waals surface area (Å²) in [7, 11) is -2.72. The monoisotopic (exact) mass is 467 g/mol. The number of thiol groups is 1. The second kappa shape index (κ2) is 11.2. The standard InChI is InChI=1S/C21H29N3O5S2/c1-5-15-13-30-20(22-15)17(12-14-6-8-16(9-7-14)24-31(27)28)23-18(25)10-11-19(26)29-21(2,3)4/h6-9,13,17,31H,5,10-12H2,1-4H3,(H,23,25)(H,24,27,28)/t17-/m0/s1. The Hall–Kier alpha value is -2.46. The van der Waals surface area contributed by atoms with Crippen LogP contribution in [0.25, 0.3) is 0 Å². The molecule has 0 fully saturated rings. The van der Waals surface area contributed by atoms with Crippen molar-refractivity contribution in [3.63, 3.8) is 0 Å². The predicted octanol–water partition coefficient (Wildman–Crippen LogP) is 3.17. The number of anilines is 1. The van der Waals surface area contributed by atoms with Gasteiger partial charge in [-0.05, 0) is 51.3 Å². The Bertz CT molecular complexity index is 954. The van der Waals surface area contributed by atoms with Crippen molar-refractivity contribution in [1.82, 2.24) is 10.3 Å². The maximum absolute atomic E-state index is 12.5. The number of aromatic nitrogens is 1. The van der Waals surface area contributed by atoms with Crippen LogP contribution in [0.2, 0.25) is 0 Å². The highest BCUT2D eigenvalue weighted by Gasteiger charge is 2.21. The van der Waals surface area contributed by atoms with Crippen LogP contribution in [0, 0.1) is 0 Å². The van der Waals surface area contributed by atoms with Gasteiger partial charge in [0.1, 0.15) is 10.6 Å². The van der Waals surface area contributed by atoms with Crippen molar-refractivity contribution < 1.29 is 22.7 Å².